The highest BCUT2D eigenvalue weighted by Gasteiger charge is 2.33. The summed E-state index contributed by atoms with van der Waals surface area (Å²) in [5.41, 5.74) is 6.74. The van der Waals surface area contributed by atoms with E-state index >= 15 is 0 Å². The highest BCUT2D eigenvalue weighted by molar-refractivity contribution is 5.93. The van der Waals surface area contributed by atoms with Crippen LogP contribution in [0.25, 0.3) is 21.8 Å². The number of nitrogens with one attached hydrogen (secondary N) is 1. The van der Waals surface area contributed by atoms with Crippen LogP contribution in [0.3, 0.4) is 0 Å². The third kappa shape index (κ3) is 7.53. The first kappa shape index (κ1) is 32.6. The van der Waals surface area contributed by atoms with Gasteiger partial charge < -0.3 is 19.9 Å². The van der Waals surface area contributed by atoms with Crippen LogP contribution in [0.4, 0.5) is 0 Å². The molecule has 0 saturated carbocycles. The van der Waals surface area contributed by atoms with Crippen molar-refractivity contribution in [1.29, 1.82) is 0 Å². The number of nitrogens with zero attached hydrogens (tertiary/aromatic N) is 3. The summed E-state index contributed by atoms with van der Waals surface area (Å²) in [4.78, 5) is 24.0. The van der Waals surface area contributed by atoms with Crippen molar-refractivity contribution < 1.29 is 19.4 Å². The first-order valence-corrected chi connectivity index (χ1v) is 16.7. The van der Waals surface area contributed by atoms with Gasteiger partial charge in [0, 0.05) is 31.1 Å². The lowest BCUT2D eigenvalue weighted by Gasteiger charge is -2.39. The summed E-state index contributed by atoms with van der Waals surface area (Å²) in [6, 6.07) is 38.7. The lowest BCUT2D eigenvalue weighted by molar-refractivity contribution is -0.253. The molecule has 8 heteroatoms. The number of hydrogen-bond donors (Lipinski definition) is 2. The van der Waals surface area contributed by atoms with E-state index < -0.39 is 6.29 Å². The van der Waals surface area contributed by atoms with E-state index in [-0.39, 0.29) is 36.5 Å². The predicted octanol–water partition coefficient (Wildman–Crippen LogP) is 7.44. The summed E-state index contributed by atoms with van der Waals surface area (Å²) in [5.74, 6) is -0.277. The zero-order valence-electron chi connectivity index (χ0n) is 27.7. The van der Waals surface area contributed by atoms with Gasteiger partial charge in [-0.05, 0) is 65.2 Å². The maximum absolute atomic E-state index is 12.8. The van der Waals surface area contributed by atoms with E-state index in [0.29, 0.717) is 18.5 Å². The molecule has 0 aliphatic carbocycles. The van der Waals surface area contributed by atoms with Crippen LogP contribution in [0.2, 0.25) is 0 Å². The van der Waals surface area contributed by atoms with Crippen LogP contribution < -0.4 is 5.32 Å². The van der Waals surface area contributed by atoms with Crippen molar-refractivity contribution in [1.82, 2.24) is 20.2 Å². The maximum Gasteiger partial charge on any atom is 0.271 e. The normalized spacial score (nSPS) is 18.5. The van der Waals surface area contributed by atoms with E-state index in [1.54, 1.807) is 0 Å². The zero-order chi connectivity index (χ0) is 33.7. The van der Waals surface area contributed by atoms with Crippen molar-refractivity contribution in [2.75, 3.05) is 13.6 Å². The Bertz CT molecular complexity index is 2050. The fourth-order valence-corrected chi connectivity index (χ4v) is 6.37. The molecule has 8 nitrogen and oxygen atoms in total. The second-order valence-corrected chi connectivity index (χ2v) is 12.7. The molecule has 1 aliphatic heterocycles. The van der Waals surface area contributed by atoms with Crippen LogP contribution >= 0.6 is 0 Å². The van der Waals surface area contributed by atoms with Gasteiger partial charge in [0.05, 0.1) is 36.0 Å². The van der Waals surface area contributed by atoms with Gasteiger partial charge in [0.15, 0.2) is 6.29 Å². The molecule has 5 aromatic carbocycles. The lowest BCUT2D eigenvalue weighted by atomic mass is 9.98. The molecule has 248 valence electrons. The number of aromatic nitrogens is 2. The number of hydrogen-bond acceptors (Lipinski definition) is 7. The van der Waals surface area contributed by atoms with Gasteiger partial charge in [-0.25, -0.2) is 4.98 Å². The number of fused-ring (bicyclic) bond motifs is 2. The predicted molar refractivity (Wildman–Crippen MR) is 191 cm³/mol. The molecule has 4 atom stereocenters. The highest BCUT2D eigenvalue weighted by atomic mass is 16.7. The van der Waals surface area contributed by atoms with Crippen LogP contribution in [-0.4, -0.2) is 45.6 Å². The summed E-state index contributed by atoms with van der Waals surface area (Å²) in [6.07, 6.45) is 1.37. The van der Waals surface area contributed by atoms with E-state index in [9.17, 15) is 9.90 Å². The average molecular weight is 653 g/mol. The number of carbonyl (C=O) groups is 1. The Morgan fingerprint density at radius 3 is 2.33 bits per heavy atom. The molecule has 1 saturated heterocycles. The topological polar surface area (TPSA) is 96.8 Å². The Morgan fingerprint density at radius 1 is 0.857 bits per heavy atom. The van der Waals surface area contributed by atoms with Crippen LogP contribution in [0, 0.1) is 0 Å². The Balaban J connectivity index is 1.04. The largest absolute Gasteiger partial charge is 0.392 e. The molecule has 1 fully saturated rings. The van der Waals surface area contributed by atoms with E-state index in [1.165, 1.54) is 22.5 Å². The molecule has 7 rings (SSSR count). The standard InChI is InChI=1S/C41H40N4O4/c1-27(33-20-19-30-7-3-4-8-34(30)21-33)45(2)25-35-22-39(31-15-13-29(26-46)14-16-31)49-41(48-35)32-17-11-28(12-18-32)23-43-40(47)38-24-42-36-9-5-6-10-37(36)44-38/h3-21,24,27,35,39,41,46H,22-23,25-26H2,1-2H3,(H,43,47)/t27-,35+,39-,41-/m1/s1. The summed E-state index contributed by atoms with van der Waals surface area (Å²) >= 11 is 0. The third-order valence-electron chi connectivity index (χ3n) is 9.41. The number of para-hydroxylation sites is 2. The van der Waals surface area contributed by atoms with E-state index in [1.807, 2.05) is 72.8 Å². The first-order valence-electron chi connectivity index (χ1n) is 16.7. The van der Waals surface area contributed by atoms with Crippen molar-refractivity contribution in [2.24, 2.45) is 0 Å². The number of aliphatic hydroxyl groups is 1. The van der Waals surface area contributed by atoms with Crippen molar-refractivity contribution in [3.63, 3.8) is 0 Å². The Hall–Kier alpha value is -4.99. The molecular formula is C41H40N4O4. The van der Waals surface area contributed by atoms with Gasteiger partial charge in [-0.3, -0.25) is 14.7 Å². The Kier molecular flexibility index (Phi) is 9.72. The van der Waals surface area contributed by atoms with Crippen molar-refractivity contribution in [3.8, 4) is 0 Å². The molecule has 1 amide bonds. The summed E-state index contributed by atoms with van der Waals surface area (Å²) in [6.45, 7) is 3.30. The quantitative estimate of drug-likeness (QED) is 0.159. The van der Waals surface area contributed by atoms with Gasteiger partial charge in [0.1, 0.15) is 5.69 Å². The fourth-order valence-electron chi connectivity index (χ4n) is 6.37. The van der Waals surface area contributed by atoms with Crippen molar-refractivity contribution >= 4 is 27.7 Å². The number of benzene rings is 5. The molecule has 1 aromatic heterocycles. The zero-order valence-corrected chi connectivity index (χ0v) is 27.7. The van der Waals surface area contributed by atoms with Crippen LogP contribution in [-0.2, 0) is 22.6 Å². The number of amides is 1. The minimum Gasteiger partial charge on any atom is -0.392 e. The van der Waals surface area contributed by atoms with Crippen LogP contribution in [0.5, 0.6) is 0 Å². The molecule has 6 aromatic rings. The van der Waals surface area contributed by atoms with Gasteiger partial charge in [-0.1, -0.05) is 97.1 Å². The molecule has 2 N–H and O–H groups in total. The minimum absolute atomic E-state index is 0.0000809. The number of ether oxygens (including phenoxy) is 2. The molecule has 2 heterocycles. The third-order valence-corrected chi connectivity index (χ3v) is 9.41. The van der Waals surface area contributed by atoms with Crippen molar-refractivity contribution in [2.45, 2.75) is 51.0 Å². The number of rotatable bonds is 10. The van der Waals surface area contributed by atoms with Gasteiger partial charge in [0.25, 0.3) is 5.91 Å². The second-order valence-electron chi connectivity index (χ2n) is 12.7. The minimum atomic E-state index is -0.567. The molecule has 0 bridgehead atoms. The Labute approximate surface area is 286 Å². The van der Waals surface area contributed by atoms with Gasteiger partial charge >= 0.3 is 0 Å². The molecule has 0 spiro atoms. The van der Waals surface area contributed by atoms with E-state index in [0.717, 1.165) is 34.3 Å². The average Bonchev–Trinajstić information content (AvgIpc) is 3.16. The van der Waals surface area contributed by atoms with E-state index in [2.05, 4.69) is 76.6 Å². The molecule has 0 radical (unpaired) electrons. The van der Waals surface area contributed by atoms with E-state index in [4.69, 9.17) is 9.47 Å². The molecule has 0 unspecified atom stereocenters. The molecule has 49 heavy (non-hydrogen) atoms. The monoisotopic (exact) mass is 652 g/mol. The SMILES string of the molecule is C[C@H](c1ccc2ccccc2c1)N(C)C[C@@H]1C[C@H](c2ccc(CO)cc2)O[C@H](c2ccc(CNC(=O)c3cnc4ccccc4n3)cc2)O1. The number of likely N-dealkylation sites (N-methyl/N-ethyl adjacent to an activating group) is 1. The van der Waals surface area contributed by atoms with Gasteiger partial charge in [-0.2, -0.15) is 0 Å². The smallest absolute Gasteiger partial charge is 0.271 e. The number of carbonyl (C=O) groups excluding carboxylic acids is 1. The van der Waals surface area contributed by atoms with Crippen LogP contribution in [0.15, 0.2) is 121 Å². The second kappa shape index (κ2) is 14.6. The van der Waals surface area contributed by atoms with Gasteiger partial charge in [-0.15, -0.1) is 0 Å². The maximum atomic E-state index is 12.8. The van der Waals surface area contributed by atoms with Crippen molar-refractivity contribution in [3.05, 3.63) is 155 Å². The fraction of sp³-hybridized carbons (Fsp3) is 0.244. The Morgan fingerprint density at radius 2 is 1.55 bits per heavy atom. The highest BCUT2D eigenvalue weighted by Crippen LogP contribution is 2.39. The molecular weight excluding hydrogens is 612 g/mol. The summed E-state index contributed by atoms with van der Waals surface area (Å²) in [7, 11) is 2.14. The summed E-state index contributed by atoms with van der Waals surface area (Å²) < 4.78 is 13.2. The van der Waals surface area contributed by atoms with Crippen LogP contribution in [0.1, 0.15) is 70.1 Å². The molecule has 1 aliphatic rings. The summed E-state index contributed by atoms with van der Waals surface area (Å²) in [5, 5.41) is 15.0. The lowest BCUT2D eigenvalue weighted by Crippen LogP contribution is -2.38. The first-order chi connectivity index (χ1) is 23.9. The van der Waals surface area contributed by atoms with Gasteiger partial charge in [0.2, 0.25) is 0 Å². The number of aliphatic hydroxyl groups excluding tert-OH is 1.